The number of hydrogen-bond acceptors (Lipinski definition) is 5. The summed E-state index contributed by atoms with van der Waals surface area (Å²) < 4.78 is 32.8. The van der Waals surface area contributed by atoms with Gasteiger partial charge in [0, 0.05) is 14.2 Å². The van der Waals surface area contributed by atoms with E-state index in [-0.39, 0.29) is 6.16 Å². The average molecular weight is 284 g/mol. The van der Waals surface area contributed by atoms with Gasteiger partial charge >= 0.3 is 7.60 Å². The van der Waals surface area contributed by atoms with Gasteiger partial charge in [-0.2, -0.15) is 0 Å². The van der Waals surface area contributed by atoms with Gasteiger partial charge in [0.15, 0.2) is 0 Å². The van der Waals surface area contributed by atoms with Crippen LogP contribution in [-0.2, 0) is 26.2 Å². The first kappa shape index (κ1) is 14.1. The van der Waals surface area contributed by atoms with Crippen LogP contribution in [0.1, 0.15) is 23.0 Å². The lowest BCUT2D eigenvalue weighted by Gasteiger charge is -2.11. The highest BCUT2D eigenvalue weighted by molar-refractivity contribution is 7.52. The lowest BCUT2D eigenvalue weighted by Crippen LogP contribution is -1.92. The number of furan rings is 2. The molecule has 2 aromatic heterocycles. The van der Waals surface area contributed by atoms with Gasteiger partial charge in [0.1, 0.15) is 29.2 Å². The van der Waals surface area contributed by atoms with Crippen molar-refractivity contribution in [3.8, 4) is 0 Å². The molecule has 0 bridgehead atoms. The maximum absolute atomic E-state index is 12.0. The van der Waals surface area contributed by atoms with E-state index >= 15 is 0 Å². The van der Waals surface area contributed by atoms with E-state index < -0.39 is 7.60 Å². The molecule has 2 rings (SSSR count). The van der Waals surface area contributed by atoms with Crippen LogP contribution in [0.15, 0.2) is 33.1 Å². The molecular formula is C13H17O5P. The van der Waals surface area contributed by atoms with Crippen molar-refractivity contribution in [1.29, 1.82) is 0 Å². The summed E-state index contributed by atoms with van der Waals surface area (Å²) >= 11 is 0. The fourth-order valence-corrected chi connectivity index (χ4v) is 2.71. The molecule has 0 radical (unpaired) electrons. The van der Waals surface area contributed by atoms with Crippen LogP contribution in [0, 0.1) is 6.92 Å². The Labute approximate surface area is 112 Å². The molecule has 5 nitrogen and oxygen atoms in total. The molecule has 0 N–H and O–H groups in total. The second kappa shape index (κ2) is 5.78. The van der Waals surface area contributed by atoms with Gasteiger partial charge in [0.05, 0.1) is 6.42 Å². The molecule has 6 heteroatoms. The Bertz CT molecular complexity index is 575. The first-order chi connectivity index (χ1) is 9.04. The monoisotopic (exact) mass is 284 g/mol. The molecule has 2 heterocycles. The molecule has 0 fully saturated rings. The first-order valence-electron chi connectivity index (χ1n) is 5.88. The molecule has 0 aliphatic carbocycles. The van der Waals surface area contributed by atoms with Crippen molar-refractivity contribution in [3.05, 3.63) is 47.3 Å². The molecule has 0 spiro atoms. The van der Waals surface area contributed by atoms with Crippen LogP contribution in [-0.4, -0.2) is 14.2 Å². The molecular weight excluding hydrogens is 267 g/mol. The Kier molecular flexibility index (Phi) is 4.30. The molecule has 104 valence electrons. The molecule has 0 atom stereocenters. The molecule has 0 amide bonds. The zero-order valence-electron chi connectivity index (χ0n) is 11.2. The summed E-state index contributed by atoms with van der Waals surface area (Å²) in [4.78, 5) is 0. The minimum atomic E-state index is -3.09. The smallest absolute Gasteiger partial charge is 0.337 e. The summed E-state index contributed by atoms with van der Waals surface area (Å²) in [6.45, 7) is 1.89. The molecule has 0 saturated heterocycles. The van der Waals surface area contributed by atoms with Crippen molar-refractivity contribution in [2.45, 2.75) is 19.5 Å². The van der Waals surface area contributed by atoms with Gasteiger partial charge in [-0.3, -0.25) is 4.57 Å². The molecule has 0 aromatic carbocycles. The van der Waals surface area contributed by atoms with E-state index in [0.717, 1.165) is 17.3 Å². The molecule has 0 aliphatic heterocycles. The van der Waals surface area contributed by atoms with E-state index in [0.29, 0.717) is 12.2 Å². The number of hydrogen-bond donors (Lipinski definition) is 0. The predicted octanol–water partition coefficient (Wildman–Crippen LogP) is 3.76. The van der Waals surface area contributed by atoms with Gasteiger partial charge in [0.25, 0.3) is 0 Å². The number of aryl methyl sites for hydroxylation is 1. The summed E-state index contributed by atoms with van der Waals surface area (Å²) in [6.07, 6.45) is 0.690. The standard InChI is InChI=1S/C13H17O5P/c1-10-4-5-11(17-10)8-12-6-7-13(18-12)9-19(14,15-2)16-3/h4-7H,8-9H2,1-3H3. The third-order valence-electron chi connectivity index (χ3n) is 2.77. The zero-order valence-corrected chi connectivity index (χ0v) is 12.1. The largest absolute Gasteiger partial charge is 0.466 e. The third kappa shape index (κ3) is 3.60. The fourth-order valence-electron chi connectivity index (χ4n) is 1.75. The van der Waals surface area contributed by atoms with Crippen LogP contribution in [0.2, 0.25) is 0 Å². The van der Waals surface area contributed by atoms with Crippen LogP contribution < -0.4 is 0 Å². The normalized spacial score (nSPS) is 11.9. The van der Waals surface area contributed by atoms with Gasteiger partial charge in [-0.1, -0.05) is 0 Å². The van der Waals surface area contributed by atoms with Crippen molar-refractivity contribution in [2.24, 2.45) is 0 Å². The van der Waals surface area contributed by atoms with Gasteiger partial charge in [-0.05, 0) is 31.2 Å². The lowest BCUT2D eigenvalue weighted by molar-refractivity contribution is 0.271. The first-order valence-corrected chi connectivity index (χ1v) is 7.61. The highest BCUT2D eigenvalue weighted by atomic mass is 31.2. The molecule has 0 saturated carbocycles. The summed E-state index contributed by atoms with van der Waals surface area (Å²) in [5.74, 6) is 3.03. The summed E-state index contributed by atoms with van der Waals surface area (Å²) in [7, 11) is -0.363. The van der Waals surface area contributed by atoms with Crippen LogP contribution in [0.25, 0.3) is 0 Å². The lowest BCUT2D eigenvalue weighted by atomic mass is 10.3. The third-order valence-corrected chi connectivity index (χ3v) is 4.58. The van der Waals surface area contributed by atoms with Crippen molar-refractivity contribution in [2.75, 3.05) is 14.2 Å². The summed E-state index contributed by atoms with van der Waals surface area (Å²) in [6, 6.07) is 7.43. The average Bonchev–Trinajstić information content (AvgIpc) is 2.99. The second-order valence-corrected chi connectivity index (χ2v) is 6.46. The molecule has 0 aliphatic rings. The number of rotatable bonds is 6. The molecule has 19 heavy (non-hydrogen) atoms. The molecule has 2 aromatic rings. The fraction of sp³-hybridized carbons (Fsp3) is 0.385. The Hall–Kier alpha value is -1.29. The topological polar surface area (TPSA) is 61.8 Å². The summed E-state index contributed by atoms with van der Waals surface area (Å²) in [5, 5.41) is 0. The maximum atomic E-state index is 12.0. The Morgan fingerprint density at radius 2 is 1.58 bits per heavy atom. The van der Waals surface area contributed by atoms with Gasteiger partial charge in [-0.25, -0.2) is 0 Å². The minimum absolute atomic E-state index is 0.122. The van der Waals surface area contributed by atoms with E-state index in [1.165, 1.54) is 14.2 Å². The SMILES string of the molecule is COP(=O)(Cc1ccc(Cc2ccc(C)o2)o1)OC. The van der Waals surface area contributed by atoms with E-state index in [1.807, 2.05) is 25.1 Å². The Balaban J connectivity index is 2.05. The predicted molar refractivity (Wildman–Crippen MR) is 70.3 cm³/mol. The van der Waals surface area contributed by atoms with Crippen LogP contribution in [0.5, 0.6) is 0 Å². The van der Waals surface area contributed by atoms with Crippen LogP contribution in [0.4, 0.5) is 0 Å². The highest BCUT2D eigenvalue weighted by Gasteiger charge is 2.23. The van der Waals surface area contributed by atoms with Crippen molar-refractivity contribution < 1.29 is 22.4 Å². The summed E-state index contributed by atoms with van der Waals surface area (Å²) in [5.41, 5.74) is 0. The van der Waals surface area contributed by atoms with Gasteiger partial charge in [-0.15, -0.1) is 0 Å². The van der Waals surface area contributed by atoms with Gasteiger partial charge < -0.3 is 17.9 Å². The second-order valence-electron chi connectivity index (χ2n) is 4.19. The van der Waals surface area contributed by atoms with Crippen LogP contribution in [0.3, 0.4) is 0 Å². The van der Waals surface area contributed by atoms with Gasteiger partial charge in [0.2, 0.25) is 0 Å². The van der Waals surface area contributed by atoms with Crippen LogP contribution >= 0.6 is 7.60 Å². The van der Waals surface area contributed by atoms with Crippen molar-refractivity contribution in [3.63, 3.8) is 0 Å². The Morgan fingerprint density at radius 3 is 2.16 bits per heavy atom. The Morgan fingerprint density at radius 1 is 1.00 bits per heavy atom. The quantitative estimate of drug-likeness (QED) is 0.756. The van der Waals surface area contributed by atoms with E-state index in [4.69, 9.17) is 17.9 Å². The van der Waals surface area contributed by atoms with E-state index in [1.54, 1.807) is 6.07 Å². The van der Waals surface area contributed by atoms with E-state index in [2.05, 4.69) is 0 Å². The van der Waals surface area contributed by atoms with Crippen molar-refractivity contribution in [1.82, 2.24) is 0 Å². The minimum Gasteiger partial charge on any atom is -0.466 e. The zero-order chi connectivity index (χ0) is 13.9. The highest BCUT2D eigenvalue weighted by Crippen LogP contribution is 2.49. The maximum Gasteiger partial charge on any atom is 0.337 e. The van der Waals surface area contributed by atoms with Crippen molar-refractivity contribution >= 4 is 7.60 Å². The van der Waals surface area contributed by atoms with E-state index in [9.17, 15) is 4.57 Å². The molecule has 0 unspecified atom stereocenters.